The minimum absolute atomic E-state index is 0.0969. The highest BCUT2D eigenvalue weighted by Gasteiger charge is 2.68. The van der Waals surface area contributed by atoms with Crippen molar-refractivity contribution < 1.29 is 22.6 Å². The quantitative estimate of drug-likeness (QED) is 0.727. The summed E-state index contributed by atoms with van der Waals surface area (Å²) in [7, 11) is 0. The largest absolute Gasteiger partial charge is 0.445 e. The highest BCUT2D eigenvalue weighted by Crippen LogP contribution is 2.44. The van der Waals surface area contributed by atoms with Crippen molar-refractivity contribution in [1.29, 1.82) is 0 Å². The summed E-state index contributed by atoms with van der Waals surface area (Å²) in [5.74, 6) is -2.36. The molecule has 1 aliphatic rings. The second-order valence-corrected chi connectivity index (χ2v) is 3.31. The molecule has 2 nitrogen and oxygen atoms in total. The van der Waals surface area contributed by atoms with E-state index in [9.17, 15) is 13.2 Å². The van der Waals surface area contributed by atoms with Gasteiger partial charge in [0.25, 0.3) is 5.79 Å². The maximum absolute atomic E-state index is 12.3. The fraction of sp³-hybridized carbons (Fsp3) is 0.400. The highest BCUT2D eigenvalue weighted by atomic mass is 19.4. The molecule has 0 aromatic heterocycles. The molecule has 0 amide bonds. The van der Waals surface area contributed by atoms with Crippen LogP contribution < -0.4 is 0 Å². The van der Waals surface area contributed by atoms with Crippen molar-refractivity contribution in [2.45, 2.75) is 18.6 Å². The third-order valence-electron chi connectivity index (χ3n) is 2.15. The lowest BCUT2D eigenvalue weighted by molar-refractivity contribution is -0.274. The summed E-state index contributed by atoms with van der Waals surface area (Å²) in [5.41, 5.74) is 0.691. The van der Waals surface area contributed by atoms with Gasteiger partial charge in [0.1, 0.15) is 6.61 Å². The number of ether oxygens (including phenoxy) is 2. The molecule has 0 radical (unpaired) electrons. The summed E-state index contributed by atoms with van der Waals surface area (Å²) in [6.45, 7) is -0.510. The lowest BCUT2D eigenvalue weighted by atomic mass is 10.2. The van der Waals surface area contributed by atoms with Crippen LogP contribution in [0.15, 0.2) is 30.3 Å². The summed E-state index contributed by atoms with van der Waals surface area (Å²) >= 11 is 0. The molecule has 0 saturated carbocycles. The molecule has 1 aliphatic heterocycles. The predicted molar refractivity (Wildman–Crippen MR) is 46.0 cm³/mol. The van der Waals surface area contributed by atoms with Crippen LogP contribution in [0.4, 0.5) is 13.2 Å². The third-order valence-corrected chi connectivity index (χ3v) is 2.15. The molecule has 0 spiro atoms. The van der Waals surface area contributed by atoms with Crippen LogP contribution >= 0.6 is 0 Å². The molecule has 1 aromatic carbocycles. The molecule has 0 bridgehead atoms. The lowest BCUT2D eigenvalue weighted by Gasteiger charge is -2.16. The molecule has 1 heterocycles. The number of benzene rings is 1. The molecule has 82 valence electrons. The van der Waals surface area contributed by atoms with E-state index in [0.717, 1.165) is 0 Å². The van der Waals surface area contributed by atoms with Crippen molar-refractivity contribution in [1.82, 2.24) is 0 Å². The fourth-order valence-corrected chi connectivity index (χ4v) is 1.17. The second-order valence-electron chi connectivity index (χ2n) is 3.31. The molecule has 1 unspecified atom stereocenters. The molecule has 1 aromatic rings. The molecule has 1 saturated heterocycles. The van der Waals surface area contributed by atoms with Gasteiger partial charge in [0, 0.05) is 0 Å². The van der Waals surface area contributed by atoms with E-state index in [0.29, 0.717) is 5.56 Å². The van der Waals surface area contributed by atoms with Gasteiger partial charge in [-0.25, -0.2) is 0 Å². The Labute approximate surface area is 84.6 Å². The number of alkyl halides is 3. The Balaban J connectivity index is 1.95. The van der Waals surface area contributed by atoms with Gasteiger partial charge in [-0.3, -0.25) is 0 Å². The number of rotatable bonds is 3. The number of epoxide rings is 1. The van der Waals surface area contributed by atoms with E-state index in [4.69, 9.17) is 4.74 Å². The highest BCUT2D eigenvalue weighted by molar-refractivity contribution is 5.13. The van der Waals surface area contributed by atoms with Gasteiger partial charge in [0.05, 0.1) is 6.61 Å². The first-order valence-electron chi connectivity index (χ1n) is 4.42. The zero-order valence-electron chi connectivity index (χ0n) is 7.75. The Hall–Kier alpha value is -1.07. The monoisotopic (exact) mass is 218 g/mol. The summed E-state index contributed by atoms with van der Waals surface area (Å²) in [4.78, 5) is 0. The van der Waals surface area contributed by atoms with Crippen molar-refractivity contribution in [2.75, 3.05) is 6.61 Å². The fourth-order valence-electron chi connectivity index (χ4n) is 1.17. The van der Waals surface area contributed by atoms with Crippen molar-refractivity contribution in [3.8, 4) is 0 Å². The van der Waals surface area contributed by atoms with Gasteiger partial charge >= 0.3 is 6.18 Å². The van der Waals surface area contributed by atoms with Crippen LogP contribution in [0.3, 0.4) is 0 Å². The maximum atomic E-state index is 12.3. The third kappa shape index (κ3) is 2.13. The Morgan fingerprint density at radius 1 is 1.27 bits per heavy atom. The molecule has 2 rings (SSSR count). The zero-order chi connectivity index (χ0) is 10.9. The summed E-state index contributed by atoms with van der Waals surface area (Å²) in [5, 5.41) is 0. The van der Waals surface area contributed by atoms with Crippen LogP contribution in [0.25, 0.3) is 0 Å². The van der Waals surface area contributed by atoms with Gasteiger partial charge in [-0.05, 0) is 5.56 Å². The maximum Gasteiger partial charge on any atom is 0.445 e. The Morgan fingerprint density at radius 3 is 2.33 bits per heavy atom. The van der Waals surface area contributed by atoms with E-state index in [-0.39, 0.29) is 6.61 Å². The first-order valence-corrected chi connectivity index (χ1v) is 4.42. The Morgan fingerprint density at radius 2 is 1.87 bits per heavy atom. The van der Waals surface area contributed by atoms with E-state index in [1.54, 1.807) is 30.3 Å². The van der Waals surface area contributed by atoms with Crippen LogP contribution in [-0.2, 0) is 16.1 Å². The van der Waals surface area contributed by atoms with Crippen LogP contribution in [0.5, 0.6) is 0 Å². The average molecular weight is 218 g/mol. The lowest BCUT2D eigenvalue weighted by Crippen LogP contribution is -2.35. The van der Waals surface area contributed by atoms with E-state index in [1.165, 1.54) is 0 Å². The topological polar surface area (TPSA) is 21.8 Å². The van der Waals surface area contributed by atoms with Crippen LogP contribution in [0.2, 0.25) is 0 Å². The van der Waals surface area contributed by atoms with Crippen molar-refractivity contribution in [2.24, 2.45) is 0 Å². The first kappa shape index (κ1) is 10.4. The van der Waals surface area contributed by atoms with Gasteiger partial charge in [0.2, 0.25) is 0 Å². The predicted octanol–water partition coefficient (Wildman–Crippen LogP) is 2.49. The summed E-state index contributed by atoms with van der Waals surface area (Å²) < 4.78 is 46.1. The van der Waals surface area contributed by atoms with E-state index in [1.807, 2.05) is 0 Å². The smallest absolute Gasteiger partial charge is 0.336 e. The van der Waals surface area contributed by atoms with Gasteiger partial charge in [-0.15, -0.1) is 0 Å². The minimum Gasteiger partial charge on any atom is -0.336 e. The minimum atomic E-state index is -4.46. The average Bonchev–Trinajstić information content (AvgIpc) is 2.96. The van der Waals surface area contributed by atoms with Crippen LogP contribution in [0.1, 0.15) is 5.56 Å². The summed E-state index contributed by atoms with van der Waals surface area (Å²) in [6.07, 6.45) is -4.46. The number of hydrogen-bond donors (Lipinski definition) is 0. The summed E-state index contributed by atoms with van der Waals surface area (Å²) in [6, 6.07) is 8.68. The van der Waals surface area contributed by atoms with E-state index < -0.39 is 18.6 Å². The normalized spacial score (nSPS) is 25.3. The Bertz CT molecular complexity index is 330. The molecule has 5 heteroatoms. The molecular formula is C10H9F3O2. The standard InChI is InChI=1S/C10H9F3O2/c11-10(12,13)9(7-15-9)14-6-8-4-2-1-3-5-8/h1-5H,6-7H2. The number of halogens is 3. The van der Waals surface area contributed by atoms with E-state index >= 15 is 0 Å². The molecule has 1 atom stereocenters. The van der Waals surface area contributed by atoms with Gasteiger partial charge in [0.15, 0.2) is 0 Å². The van der Waals surface area contributed by atoms with E-state index in [2.05, 4.69) is 4.74 Å². The Kier molecular flexibility index (Phi) is 2.44. The second kappa shape index (κ2) is 3.50. The number of hydrogen-bond acceptors (Lipinski definition) is 2. The van der Waals surface area contributed by atoms with Gasteiger partial charge in [-0.2, -0.15) is 13.2 Å². The van der Waals surface area contributed by atoms with Crippen molar-refractivity contribution >= 4 is 0 Å². The van der Waals surface area contributed by atoms with Crippen LogP contribution in [-0.4, -0.2) is 18.6 Å². The van der Waals surface area contributed by atoms with Crippen molar-refractivity contribution in [3.05, 3.63) is 35.9 Å². The van der Waals surface area contributed by atoms with Crippen molar-refractivity contribution in [3.63, 3.8) is 0 Å². The molecule has 0 N–H and O–H groups in total. The molecule has 0 aliphatic carbocycles. The zero-order valence-corrected chi connectivity index (χ0v) is 7.75. The molecular weight excluding hydrogens is 209 g/mol. The molecule has 1 fully saturated rings. The molecule has 15 heavy (non-hydrogen) atoms. The van der Waals surface area contributed by atoms with Gasteiger partial charge < -0.3 is 9.47 Å². The van der Waals surface area contributed by atoms with Crippen LogP contribution in [0, 0.1) is 0 Å². The van der Waals surface area contributed by atoms with Gasteiger partial charge in [-0.1, -0.05) is 30.3 Å². The first-order chi connectivity index (χ1) is 7.04. The SMILES string of the molecule is FC(F)(F)C1(OCc2ccccc2)CO1.